The Morgan fingerprint density at radius 2 is 1.54 bits per heavy atom. The SMILES string of the molecule is Oc1[nH]c2ccc(NC3CC4CCC(C3)N4)cc2c1C(=C1N=c2ccccc2=N1)c1ccccc1. The summed E-state index contributed by atoms with van der Waals surface area (Å²) in [5.74, 6) is 0.742. The van der Waals surface area contributed by atoms with Crippen molar-refractivity contribution < 1.29 is 5.11 Å². The highest BCUT2D eigenvalue weighted by molar-refractivity contribution is 6.01. The second-order valence-corrected chi connectivity index (χ2v) is 9.84. The van der Waals surface area contributed by atoms with Gasteiger partial charge in [-0.15, -0.1) is 0 Å². The van der Waals surface area contributed by atoms with Crippen LogP contribution in [0.4, 0.5) is 5.69 Å². The monoisotopic (exact) mass is 461 g/mol. The van der Waals surface area contributed by atoms with Crippen LogP contribution in [-0.2, 0) is 0 Å². The topological polar surface area (TPSA) is 84.8 Å². The first kappa shape index (κ1) is 20.5. The number of aromatic amines is 1. The van der Waals surface area contributed by atoms with Gasteiger partial charge < -0.3 is 20.7 Å². The number of benzene rings is 3. The number of hydrogen-bond donors (Lipinski definition) is 4. The number of rotatable bonds is 4. The average molecular weight is 462 g/mol. The van der Waals surface area contributed by atoms with E-state index in [1.165, 1.54) is 12.8 Å². The largest absolute Gasteiger partial charge is 0.494 e. The molecule has 0 saturated carbocycles. The maximum atomic E-state index is 11.1. The van der Waals surface area contributed by atoms with Gasteiger partial charge in [0.15, 0.2) is 11.7 Å². The van der Waals surface area contributed by atoms with Crippen LogP contribution in [0.3, 0.4) is 0 Å². The first-order valence-corrected chi connectivity index (χ1v) is 12.4. The van der Waals surface area contributed by atoms with Crippen molar-refractivity contribution in [3.8, 4) is 5.88 Å². The van der Waals surface area contributed by atoms with Crippen molar-refractivity contribution in [3.63, 3.8) is 0 Å². The van der Waals surface area contributed by atoms with E-state index < -0.39 is 0 Å². The number of hydrogen-bond acceptors (Lipinski definition) is 5. The van der Waals surface area contributed by atoms with Crippen LogP contribution in [-0.4, -0.2) is 28.2 Å². The number of aromatic hydroxyl groups is 1. The van der Waals surface area contributed by atoms with E-state index in [0.29, 0.717) is 23.9 Å². The molecule has 6 heteroatoms. The normalized spacial score (nSPS) is 22.5. The molecule has 0 amide bonds. The zero-order valence-corrected chi connectivity index (χ0v) is 19.3. The van der Waals surface area contributed by atoms with Crippen molar-refractivity contribution in [2.75, 3.05) is 5.32 Å². The van der Waals surface area contributed by atoms with E-state index in [-0.39, 0.29) is 5.88 Å². The van der Waals surface area contributed by atoms with E-state index in [4.69, 9.17) is 9.98 Å². The molecule has 1 aromatic heterocycles. The third-order valence-electron chi connectivity index (χ3n) is 7.49. The molecule has 7 rings (SSSR count). The van der Waals surface area contributed by atoms with E-state index in [2.05, 4.69) is 27.8 Å². The second-order valence-electron chi connectivity index (χ2n) is 9.84. The summed E-state index contributed by atoms with van der Waals surface area (Å²) in [6.45, 7) is 0. The van der Waals surface area contributed by atoms with Crippen molar-refractivity contribution in [2.24, 2.45) is 9.98 Å². The van der Waals surface area contributed by atoms with Gasteiger partial charge in [0.05, 0.1) is 16.3 Å². The summed E-state index contributed by atoms with van der Waals surface area (Å²) in [5.41, 5.74) is 4.48. The fraction of sp³-hybridized carbons (Fsp3) is 0.241. The molecule has 0 radical (unpaired) electrons. The molecule has 3 aromatic carbocycles. The predicted octanol–water partition coefficient (Wildman–Crippen LogP) is 4.24. The quantitative estimate of drug-likeness (QED) is 0.367. The summed E-state index contributed by atoms with van der Waals surface area (Å²) in [6.07, 6.45) is 4.85. The molecule has 35 heavy (non-hydrogen) atoms. The van der Waals surface area contributed by atoms with Crippen molar-refractivity contribution in [1.82, 2.24) is 10.3 Å². The number of H-pyrrole nitrogens is 1. The lowest BCUT2D eigenvalue weighted by Gasteiger charge is -2.30. The van der Waals surface area contributed by atoms with Crippen LogP contribution >= 0.6 is 0 Å². The highest BCUT2D eigenvalue weighted by atomic mass is 16.3. The molecular formula is C29H27N5O. The Kier molecular flexibility index (Phi) is 4.74. The van der Waals surface area contributed by atoms with Crippen molar-refractivity contribution in [3.05, 3.63) is 100 Å². The van der Waals surface area contributed by atoms with Gasteiger partial charge in [0.1, 0.15) is 0 Å². The summed E-state index contributed by atoms with van der Waals surface area (Å²) >= 11 is 0. The first-order valence-electron chi connectivity index (χ1n) is 12.4. The van der Waals surface area contributed by atoms with E-state index >= 15 is 0 Å². The Morgan fingerprint density at radius 3 is 2.26 bits per heavy atom. The number of nitrogens with one attached hydrogen (secondary N) is 3. The summed E-state index contributed by atoms with van der Waals surface area (Å²) in [4.78, 5) is 12.9. The Balaban J connectivity index is 1.37. The average Bonchev–Trinajstić information content (AvgIpc) is 3.55. The minimum atomic E-state index is 0.129. The number of para-hydroxylation sites is 2. The van der Waals surface area contributed by atoms with E-state index in [1.807, 2.05) is 60.7 Å². The zero-order chi connectivity index (χ0) is 23.4. The molecule has 2 saturated heterocycles. The van der Waals surface area contributed by atoms with Gasteiger partial charge in [-0.3, -0.25) is 0 Å². The molecule has 0 aliphatic carbocycles. The van der Waals surface area contributed by atoms with Gasteiger partial charge in [-0.2, -0.15) is 0 Å². The van der Waals surface area contributed by atoms with Gasteiger partial charge in [0.25, 0.3) is 0 Å². The Labute approximate surface area is 203 Å². The minimum absolute atomic E-state index is 0.129. The predicted molar refractivity (Wildman–Crippen MR) is 138 cm³/mol. The lowest BCUT2D eigenvalue weighted by atomic mass is 9.96. The molecule has 3 aliphatic rings. The number of anilines is 1. The lowest BCUT2D eigenvalue weighted by molar-refractivity contribution is 0.378. The van der Waals surface area contributed by atoms with Crippen LogP contribution in [0.25, 0.3) is 16.5 Å². The van der Waals surface area contributed by atoms with Gasteiger partial charge in [-0.25, -0.2) is 9.98 Å². The molecule has 2 fully saturated rings. The van der Waals surface area contributed by atoms with Gasteiger partial charge in [0.2, 0.25) is 0 Å². The number of nitrogens with zero attached hydrogens (tertiary/aromatic N) is 2. The van der Waals surface area contributed by atoms with Gasteiger partial charge in [-0.05, 0) is 61.6 Å². The fourth-order valence-corrected chi connectivity index (χ4v) is 5.94. The maximum absolute atomic E-state index is 11.1. The summed E-state index contributed by atoms with van der Waals surface area (Å²) < 4.78 is 0. The highest BCUT2D eigenvalue weighted by Gasteiger charge is 2.33. The molecule has 4 heterocycles. The molecule has 2 atom stereocenters. The molecule has 0 spiro atoms. The maximum Gasteiger partial charge on any atom is 0.197 e. The van der Waals surface area contributed by atoms with E-state index in [0.717, 1.165) is 56.8 Å². The molecule has 6 nitrogen and oxygen atoms in total. The first-order chi connectivity index (χ1) is 17.2. The summed E-state index contributed by atoms with van der Waals surface area (Å²) in [7, 11) is 0. The van der Waals surface area contributed by atoms with Gasteiger partial charge in [-0.1, -0.05) is 42.5 Å². The smallest absolute Gasteiger partial charge is 0.197 e. The highest BCUT2D eigenvalue weighted by Crippen LogP contribution is 2.40. The third kappa shape index (κ3) is 3.61. The Morgan fingerprint density at radius 1 is 0.857 bits per heavy atom. The van der Waals surface area contributed by atoms with Crippen LogP contribution in [0, 0.1) is 0 Å². The van der Waals surface area contributed by atoms with Crippen molar-refractivity contribution in [2.45, 2.75) is 43.8 Å². The summed E-state index contributed by atoms with van der Waals surface area (Å²) in [6, 6.07) is 26.0. The van der Waals surface area contributed by atoms with E-state index in [1.54, 1.807) is 0 Å². The van der Waals surface area contributed by atoms with Crippen LogP contribution in [0.1, 0.15) is 36.8 Å². The van der Waals surface area contributed by atoms with Crippen molar-refractivity contribution >= 4 is 22.2 Å². The van der Waals surface area contributed by atoms with Gasteiger partial charge in [0, 0.05) is 40.3 Å². The number of aromatic nitrogens is 1. The third-order valence-corrected chi connectivity index (χ3v) is 7.49. The molecular weight excluding hydrogens is 434 g/mol. The molecule has 174 valence electrons. The van der Waals surface area contributed by atoms with Gasteiger partial charge >= 0.3 is 0 Å². The van der Waals surface area contributed by atoms with Crippen molar-refractivity contribution in [1.29, 1.82) is 0 Å². The Bertz CT molecular complexity index is 1540. The number of fused-ring (bicyclic) bond motifs is 4. The zero-order valence-electron chi connectivity index (χ0n) is 19.3. The van der Waals surface area contributed by atoms with Crippen LogP contribution in [0.15, 0.2) is 88.6 Å². The van der Waals surface area contributed by atoms with Crippen LogP contribution < -0.4 is 21.3 Å². The molecule has 2 bridgehead atoms. The second kappa shape index (κ2) is 8.10. The summed E-state index contributed by atoms with van der Waals surface area (Å²) in [5, 5.41) is 21.3. The molecule has 3 aliphatic heterocycles. The molecule has 4 aromatic rings. The Hall–Kier alpha value is -3.90. The standard InChI is InChI=1S/C29H27N5O/c35-29-27(26(17-6-2-1-3-7-17)28-32-24-8-4-5-9-25(24)33-28)22-16-20(12-13-23(22)34-29)31-21-14-18-10-11-19(15-21)30-18/h1-9,12-13,16,18-19,21,30-31,34-35H,10-11,14-15H2. The van der Waals surface area contributed by atoms with Crippen LogP contribution in [0.5, 0.6) is 5.88 Å². The number of piperidine rings is 1. The molecule has 2 unspecified atom stereocenters. The lowest BCUT2D eigenvalue weighted by Crippen LogP contribution is -2.43. The minimum Gasteiger partial charge on any atom is -0.494 e. The molecule has 4 N–H and O–H groups in total. The van der Waals surface area contributed by atoms with E-state index in [9.17, 15) is 5.11 Å². The van der Waals surface area contributed by atoms with Crippen LogP contribution in [0.2, 0.25) is 0 Å². The fourth-order valence-electron chi connectivity index (χ4n) is 5.94.